The van der Waals surface area contributed by atoms with Gasteiger partial charge in [0.05, 0.1) is 0 Å². The van der Waals surface area contributed by atoms with Crippen molar-refractivity contribution in [1.29, 1.82) is 0 Å². The van der Waals surface area contributed by atoms with Crippen LogP contribution in [0.1, 0.15) is 18.9 Å². The number of hydrogen-bond donors (Lipinski definition) is 1. The molecule has 0 spiro atoms. The van der Waals surface area contributed by atoms with Crippen molar-refractivity contribution in [1.82, 2.24) is 5.32 Å². The molecule has 0 atom stereocenters. The summed E-state index contributed by atoms with van der Waals surface area (Å²) >= 11 is 0. The molecule has 14 heavy (non-hydrogen) atoms. The third-order valence-electron chi connectivity index (χ3n) is 1.93. The highest BCUT2D eigenvalue weighted by molar-refractivity contribution is 5.75. The van der Waals surface area contributed by atoms with Crippen molar-refractivity contribution in [2.75, 3.05) is 6.54 Å². The molecule has 0 fully saturated rings. The minimum absolute atomic E-state index is 0.144. The number of carbonyl (C=O) groups is 1. The van der Waals surface area contributed by atoms with E-state index in [1.807, 2.05) is 0 Å². The molecule has 1 aromatic rings. The maximum atomic E-state index is 13.1. The topological polar surface area (TPSA) is 29.1 Å². The van der Waals surface area contributed by atoms with Crippen LogP contribution in [0.4, 0.5) is 4.39 Å². The quantitative estimate of drug-likeness (QED) is 0.727. The molecule has 2 nitrogen and oxygen atoms in total. The average molecular weight is 195 g/mol. The van der Waals surface area contributed by atoms with Crippen LogP contribution in [0.2, 0.25) is 0 Å². The van der Waals surface area contributed by atoms with E-state index in [1.165, 1.54) is 6.07 Å². The van der Waals surface area contributed by atoms with Gasteiger partial charge in [-0.3, -0.25) is 4.79 Å². The lowest BCUT2D eigenvalue weighted by molar-refractivity contribution is -0.116. The second kappa shape index (κ2) is 5.50. The predicted octanol–water partition coefficient (Wildman–Crippen LogP) is 1.89. The molecular weight excluding hydrogens is 181 g/mol. The number of halogens is 1. The first kappa shape index (κ1) is 10.9. The monoisotopic (exact) mass is 195 g/mol. The van der Waals surface area contributed by atoms with Crippen LogP contribution in [-0.4, -0.2) is 12.3 Å². The minimum atomic E-state index is -0.206. The average Bonchev–Trinajstić information content (AvgIpc) is 2.15. The summed E-state index contributed by atoms with van der Waals surface area (Å²) in [5.74, 6) is -0.0612. The molecule has 0 saturated carbocycles. The fraction of sp³-hybridized carbons (Fsp3) is 0.364. The molecule has 0 bridgehead atoms. The molecule has 1 N–H and O–H groups in total. The molecular formula is C11H14FNO. The largest absolute Gasteiger partial charge is 0.312 e. The standard InChI is InChI=1S/C11H14FNO/c1-9(14)6-7-13-8-10-4-2-3-5-11(10)12/h2-5,13H,6-8H2,1H3. The van der Waals surface area contributed by atoms with Crippen LogP contribution in [0.3, 0.4) is 0 Å². The lowest BCUT2D eigenvalue weighted by Gasteiger charge is -2.04. The second-order valence-electron chi connectivity index (χ2n) is 3.22. The lowest BCUT2D eigenvalue weighted by Crippen LogP contribution is -2.17. The fourth-order valence-corrected chi connectivity index (χ4v) is 1.13. The molecule has 0 aromatic heterocycles. The van der Waals surface area contributed by atoms with E-state index < -0.39 is 0 Å². The van der Waals surface area contributed by atoms with Crippen molar-refractivity contribution in [2.24, 2.45) is 0 Å². The Morgan fingerprint density at radius 2 is 2.14 bits per heavy atom. The van der Waals surface area contributed by atoms with Crippen molar-refractivity contribution >= 4 is 5.78 Å². The van der Waals surface area contributed by atoms with Gasteiger partial charge in [0.2, 0.25) is 0 Å². The number of rotatable bonds is 5. The van der Waals surface area contributed by atoms with E-state index in [0.29, 0.717) is 25.1 Å². The van der Waals surface area contributed by atoms with Crippen LogP contribution in [-0.2, 0) is 11.3 Å². The highest BCUT2D eigenvalue weighted by Crippen LogP contribution is 2.05. The van der Waals surface area contributed by atoms with Crippen LogP contribution in [0.15, 0.2) is 24.3 Å². The SMILES string of the molecule is CC(=O)CCNCc1ccccc1F. The molecule has 0 radical (unpaired) electrons. The van der Waals surface area contributed by atoms with E-state index in [9.17, 15) is 9.18 Å². The molecule has 0 aliphatic rings. The summed E-state index contributed by atoms with van der Waals surface area (Å²) < 4.78 is 13.1. The lowest BCUT2D eigenvalue weighted by atomic mass is 10.2. The Bertz CT molecular complexity index is 312. The van der Waals surface area contributed by atoms with Gasteiger partial charge in [-0.05, 0) is 13.0 Å². The Morgan fingerprint density at radius 3 is 2.79 bits per heavy atom. The number of benzene rings is 1. The third kappa shape index (κ3) is 3.66. The first-order valence-electron chi connectivity index (χ1n) is 4.63. The molecule has 1 rings (SSSR count). The van der Waals surface area contributed by atoms with Crippen LogP contribution in [0, 0.1) is 5.82 Å². The Hall–Kier alpha value is -1.22. The first-order valence-corrected chi connectivity index (χ1v) is 4.63. The van der Waals surface area contributed by atoms with Crippen molar-refractivity contribution < 1.29 is 9.18 Å². The molecule has 0 amide bonds. The summed E-state index contributed by atoms with van der Waals surface area (Å²) in [6.45, 7) is 2.62. The Morgan fingerprint density at radius 1 is 1.43 bits per heavy atom. The summed E-state index contributed by atoms with van der Waals surface area (Å²) in [6, 6.07) is 6.62. The number of nitrogens with one attached hydrogen (secondary N) is 1. The molecule has 0 heterocycles. The van der Waals surface area contributed by atoms with Gasteiger partial charge >= 0.3 is 0 Å². The summed E-state index contributed by atoms with van der Waals surface area (Å²) in [4.78, 5) is 10.6. The number of hydrogen-bond acceptors (Lipinski definition) is 2. The maximum absolute atomic E-state index is 13.1. The Kier molecular flexibility index (Phi) is 4.26. The van der Waals surface area contributed by atoms with Gasteiger partial charge in [-0.15, -0.1) is 0 Å². The van der Waals surface area contributed by atoms with Crippen LogP contribution in [0.5, 0.6) is 0 Å². The van der Waals surface area contributed by atoms with Gasteiger partial charge in [-0.2, -0.15) is 0 Å². The normalized spacial score (nSPS) is 10.1. The van der Waals surface area contributed by atoms with Crippen LogP contribution >= 0.6 is 0 Å². The van der Waals surface area contributed by atoms with Gasteiger partial charge in [0.1, 0.15) is 11.6 Å². The van der Waals surface area contributed by atoms with E-state index >= 15 is 0 Å². The number of carbonyl (C=O) groups excluding carboxylic acids is 1. The first-order chi connectivity index (χ1) is 6.70. The van der Waals surface area contributed by atoms with Crippen molar-refractivity contribution in [3.63, 3.8) is 0 Å². The van der Waals surface area contributed by atoms with Crippen LogP contribution in [0.25, 0.3) is 0 Å². The summed E-state index contributed by atoms with van der Waals surface area (Å²) in [5.41, 5.74) is 0.635. The van der Waals surface area contributed by atoms with Gasteiger partial charge in [0.15, 0.2) is 0 Å². The van der Waals surface area contributed by atoms with Crippen LogP contribution < -0.4 is 5.32 Å². The Labute approximate surface area is 83.1 Å². The van der Waals surface area contributed by atoms with Gasteiger partial charge in [0, 0.05) is 25.1 Å². The Balaban J connectivity index is 2.31. The zero-order valence-corrected chi connectivity index (χ0v) is 8.22. The summed E-state index contributed by atoms with van der Waals surface area (Å²) in [7, 11) is 0. The number of Topliss-reactive ketones (excluding diaryl/α,β-unsaturated/α-hetero) is 1. The van der Waals surface area contributed by atoms with Crippen molar-refractivity contribution in [3.05, 3.63) is 35.6 Å². The van der Waals surface area contributed by atoms with Crippen molar-refractivity contribution in [2.45, 2.75) is 19.9 Å². The smallest absolute Gasteiger partial charge is 0.131 e. The summed E-state index contributed by atoms with van der Waals surface area (Å²) in [5, 5.41) is 3.01. The molecule has 0 unspecified atom stereocenters. The molecule has 1 aromatic carbocycles. The summed E-state index contributed by atoms with van der Waals surface area (Å²) in [6.07, 6.45) is 0.494. The molecule has 0 aliphatic heterocycles. The molecule has 76 valence electrons. The van der Waals surface area contributed by atoms with E-state index in [2.05, 4.69) is 5.32 Å². The third-order valence-corrected chi connectivity index (χ3v) is 1.93. The molecule has 0 aliphatic carbocycles. The van der Waals surface area contributed by atoms with Crippen molar-refractivity contribution in [3.8, 4) is 0 Å². The van der Waals surface area contributed by atoms with E-state index in [4.69, 9.17) is 0 Å². The molecule has 0 saturated heterocycles. The zero-order chi connectivity index (χ0) is 10.4. The maximum Gasteiger partial charge on any atom is 0.131 e. The molecule has 3 heteroatoms. The predicted molar refractivity (Wildman–Crippen MR) is 53.4 cm³/mol. The van der Waals surface area contributed by atoms with E-state index in [1.54, 1.807) is 25.1 Å². The fourth-order valence-electron chi connectivity index (χ4n) is 1.13. The van der Waals surface area contributed by atoms with Gasteiger partial charge < -0.3 is 5.32 Å². The zero-order valence-electron chi connectivity index (χ0n) is 8.22. The van der Waals surface area contributed by atoms with Gasteiger partial charge in [-0.25, -0.2) is 4.39 Å². The second-order valence-corrected chi connectivity index (χ2v) is 3.22. The highest BCUT2D eigenvalue weighted by atomic mass is 19.1. The van der Waals surface area contributed by atoms with Gasteiger partial charge in [-0.1, -0.05) is 18.2 Å². The number of ketones is 1. The minimum Gasteiger partial charge on any atom is -0.312 e. The van der Waals surface area contributed by atoms with E-state index in [-0.39, 0.29) is 11.6 Å². The van der Waals surface area contributed by atoms with E-state index in [0.717, 1.165) is 0 Å². The van der Waals surface area contributed by atoms with Gasteiger partial charge in [0.25, 0.3) is 0 Å². The highest BCUT2D eigenvalue weighted by Gasteiger charge is 1.99.